The maximum absolute atomic E-state index is 9.44. The molecule has 0 aliphatic heterocycles. The van der Waals surface area contributed by atoms with E-state index in [-0.39, 0.29) is 19.0 Å². The minimum Gasteiger partial charge on any atom is -0.395 e. The van der Waals surface area contributed by atoms with Gasteiger partial charge in [-0.25, -0.2) is 0 Å². The molecule has 0 rings (SSSR count). The predicted molar refractivity (Wildman–Crippen MR) is 48.0 cm³/mol. The fourth-order valence-corrected chi connectivity index (χ4v) is 0.453. The maximum Gasteiger partial charge on any atom is 0.126 e. The van der Waals surface area contributed by atoms with Gasteiger partial charge in [-0.1, -0.05) is 0 Å². The summed E-state index contributed by atoms with van der Waals surface area (Å²) >= 11 is 0. The lowest BCUT2D eigenvalue weighted by Crippen LogP contribution is -2.25. The minimum atomic E-state index is 0.163. The summed E-state index contributed by atoms with van der Waals surface area (Å²) in [6, 6.07) is 0. The van der Waals surface area contributed by atoms with Gasteiger partial charge in [0.1, 0.15) is 5.78 Å². The third-order valence-electron chi connectivity index (χ3n) is 0.963. The van der Waals surface area contributed by atoms with Crippen LogP contribution in [0.25, 0.3) is 0 Å². The van der Waals surface area contributed by atoms with E-state index in [4.69, 9.17) is 10.2 Å². The third-order valence-corrected chi connectivity index (χ3v) is 0.963. The molecule has 0 aromatic carbocycles. The third kappa shape index (κ3) is 22.7. The summed E-state index contributed by atoms with van der Waals surface area (Å²) in [7, 11) is 1.85. The number of rotatable bonds is 4. The first kappa shape index (κ1) is 14.1. The van der Waals surface area contributed by atoms with Gasteiger partial charge in [-0.15, -0.1) is 0 Å². The van der Waals surface area contributed by atoms with Crippen molar-refractivity contribution in [3.05, 3.63) is 0 Å². The quantitative estimate of drug-likeness (QED) is 0.607. The van der Waals surface area contributed by atoms with Gasteiger partial charge in [-0.05, 0) is 20.9 Å². The molecule has 0 aromatic heterocycles. The molecule has 0 bridgehead atoms. The molecule has 0 aliphatic rings. The topological polar surface area (TPSA) is 60.8 Å². The van der Waals surface area contributed by atoms with Crippen molar-refractivity contribution in [2.75, 3.05) is 33.4 Å². The van der Waals surface area contributed by atoms with Crippen molar-refractivity contribution in [2.45, 2.75) is 13.8 Å². The van der Waals surface area contributed by atoms with Crippen LogP contribution in [0.5, 0.6) is 0 Å². The van der Waals surface area contributed by atoms with Crippen LogP contribution in [0.3, 0.4) is 0 Å². The van der Waals surface area contributed by atoms with Crippen LogP contribution >= 0.6 is 0 Å². The summed E-state index contributed by atoms with van der Waals surface area (Å²) < 4.78 is 0. The van der Waals surface area contributed by atoms with Crippen molar-refractivity contribution in [3.63, 3.8) is 0 Å². The molecule has 0 aromatic rings. The lowest BCUT2D eigenvalue weighted by Gasteiger charge is -2.11. The smallest absolute Gasteiger partial charge is 0.126 e. The van der Waals surface area contributed by atoms with Crippen LogP contribution < -0.4 is 0 Å². The van der Waals surface area contributed by atoms with E-state index in [2.05, 4.69) is 0 Å². The molecule has 4 heteroatoms. The second kappa shape index (κ2) is 10.6. The standard InChI is InChI=1S/C5H13NO2.C3H6O/c1-6(2-4-7)3-5-8;1-3(2)4/h7-8H,2-5H2,1H3;1-2H3. The van der Waals surface area contributed by atoms with Crippen molar-refractivity contribution >= 4 is 5.78 Å². The molecular weight excluding hydrogens is 158 g/mol. The van der Waals surface area contributed by atoms with Crippen LogP contribution in [0.4, 0.5) is 0 Å². The number of ketones is 1. The number of likely N-dealkylation sites (N-methyl/N-ethyl adjacent to an activating group) is 1. The Morgan fingerprint density at radius 3 is 1.58 bits per heavy atom. The average molecular weight is 177 g/mol. The Morgan fingerprint density at radius 2 is 1.42 bits per heavy atom. The molecule has 4 nitrogen and oxygen atoms in total. The number of hydrogen-bond donors (Lipinski definition) is 2. The highest BCUT2D eigenvalue weighted by molar-refractivity contribution is 5.72. The number of carbonyl (C=O) groups is 1. The Bertz CT molecular complexity index is 96.5. The SMILES string of the molecule is CC(C)=O.CN(CCO)CCO. The Kier molecular flexibility index (Phi) is 12.4. The zero-order chi connectivity index (χ0) is 9.98. The van der Waals surface area contributed by atoms with Gasteiger partial charge in [0.2, 0.25) is 0 Å². The summed E-state index contributed by atoms with van der Waals surface area (Å²) in [6.07, 6.45) is 0. The first-order valence-corrected chi connectivity index (χ1v) is 3.92. The second-order valence-corrected chi connectivity index (χ2v) is 2.66. The normalized spacial score (nSPS) is 9.17. The molecule has 74 valence electrons. The van der Waals surface area contributed by atoms with Gasteiger partial charge in [0.15, 0.2) is 0 Å². The zero-order valence-corrected chi connectivity index (χ0v) is 8.08. The lowest BCUT2D eigenvalue weighted by molar-refractivity contribution is -0.114. The summed E-state index contributed by atoms with van der Waals surface area (Å²) in [6.45, 7) is 4.66. The van der Waals surface area contributed by atoms with Crippen molar-refractivity contribution in [2.24, 2.45) is 0 Å². The molecule has 2 N–H and O–H groups in total. The van der Waals surface area contributed by atoms with Crippen LogP contribution in [-0.4, -0.2) is 54.2 Å². The molecule has 0 atom stereocenters. The van der Waals surface area contributed by atoms with Crippen LogP contribution in [0.2, 0.25) is 0 Å². The molecule has 0 spiro atoms. The van der Waals surface area contributed by atoms with E-state index in [0.29, 0.717) is 13.1 Å². The van der Waals surface area contributed by atoms with Crippen molar-refractivity contribution in [1.82, 2.24) is 4.90 Å². The number of Topliss-reactive ketones (excluding diaryl/α,β-unsaturated/α-hetero) is 1. The van der Waals surface area contributed by atoms with Gasteiger partial charge in [0, 0.05) is 13.1 Å². The summed E-state index contributed by atoms with van der Waals surface area (Å²) in [5, 5.41) is 16.7. The van der Waals surface area contributed by atoms with Gasteiger partial charge in [-0.2, -0.15) is 0 Å². The van der Waals surface area contributed by atoms with E-state index in [9.17, 15) is 4.79 Å². The van der Waals surface area contributed by atoms with E-state index >= 15 is 0 Å². The van der Waals surface area contributed by atoms with E-state index in [0.717, 1.165) is 0 Å². The molecule has 0 amide bonds. The minimum absolute atomic E-state index is 0.163. The number of aliphatic hydroxyl groups excluding tert-OH is 2. The van der Waals surface area contributed by atoms with Crippen molar-refractivity contribution in [3.8, 4) is 0 Å². The van der Waals surface area contributed by atoms with Crippen LogP contribution in [0.1, 0.15) is 13.8 Å². The molecular formula is C8H19NO3. The Labute approximate surface area is 73.8 Å². The molecule has 0 radical (unpaired) electrons. The Balaban J connectivity index is 0. The second-order valence-electron chi connectivity index (χ2n) is 2.66. The molecule has 0 aliphatic carbocycles. The number of aliphatic hydroxyl groups is 2. The summed E-state index contributed by atoms with van der Waals surface area (Å²) in [5.74, 6) is 0.167. The average Bonchev–Trinajstić information content (AvgIpc) is 1.87. The van der Waals surface area contributed by atoms with Crippen molar-refractivity contribution < 1.29 is 15.0 Å². The largest absolute Gasteiger partial charge is 0.395 e. The van der Waals surface area contributed by atoms with Crippen LogP contribution in [-0.2, 0) is 4.79 Å². The molecule has 12 heavy (non-hydrogen) atoms. The van der Waals surface area contributed by atoms with Gasteiger partial charge in [0.25, 0.3) is 0 Å². The van der Waals surface area contributed by atoms with Gasteiger partial charge in [-0.3, -0.25) is 0 Å². The van der Waals surface area contributed by atoms with E-state index in [1.807, 2.05) is 11.9 Å². The fraction of sp³-hybridized carbons (Fsp3) is 0.875. The number of hydrogen-bond acceptors (Lipinski definition) is 4. The lowest BCUT2D eigenvalue weighted by atomic mass is 10.5. The molecule has 0 saturated carbocycles. The maximum atomic E-state index is 9.44. The van der Waals surface area contributed by atoms with Crippen molar-refractivity contribution in [1.29, 1.82) is 0 Å². The highest BCUT2D eigenvalue weighted by Crippen LogP contribution is 1.76. The highest BCUT2D eigenvalue weighted by Gasteiger charge is 1.91. The van der Waals surface area contributed by atoms with Gasteiger partial charge < -0.3 is 19.9 Å². The van der Waals surface area contributed by atoms with Gasteiger partial charge >= 0.3 is 0 Å². The zero-order valence-electron chi connectivity index (χ0n) is 8.08. The fourth-order valence-electron chi connectivity index (χ4n) is 0.453. The monoisotopic (exact) mass is 177 g/mol. The van der Waals surface area contributed by atoms with Gasteiger partial charge in [0.05, 0.1) is 13.2 Å². The summed E-state index contributed by atoms with van der Waals surface area (Å²) in [5.41, 5.74) is 0. The predicted octanol–water partition coefficient (Wildman–Crippen LogP) is -0.502. The highest BCUT2D eigenvalue weighted by atomic mass is 16.3. The molecule has 0 saturated heterocycles. The van der Waals surface area contributed by atoms with E-state index in [1.165, 1.54) is 13.8 Å². The molecule has 0 fully saturated rings. The summed E-state index contributed by atoms with van der Waals surface area (Å²) in [4.78, 5) is 11.3. The van der Waals surface area contributed by atoms with E-state index in [1.54, 1.807) is 0 Å². The Morgan fingerprint density at radius 1 is 1.17 bits per heavy atom. The molecule has 0 heterocycles. The first-order chi connectivity index (χ1) is 5.54. The van der Waals surface area contributed by atoms with E-state index < -0.39 is 0 Å². The Hall–Kier alpha value is -0.450. The first-order valence-electron chi connectivity index (χ1n) is 3.92. The number of carbonyl (C=O) groups excluding carboxylic acids is 1. The van der Waals surface area contributed by atoms with Crippen LogP contribution in [0.15, 0.2) is 0 Å². The molecule has 0 unspecified atom stereocenters. The van der Waals surface area contributed by atoms with Crippen LogP contribution in [0, 0.1) is 0 Å². The number of nitrogens with zero attached hydrogens (tertiary/aromatic N) is 1.